The van der Waals surface area contributed by atoms with Gasteiger partial charge in [-0.05, 0) is 42.0 Å². The Hall–Kier alpha value is -3.41. The van der Waals surface area contributed by atoms with Crippen molar-refractivity contribution in [3.63, 3.8) is 0 Å². The second-order valence-electron chi connectivity index (χ2n) is 5.80. The van der Waals surface area contributed by atoms with E-state index in [1.807, 2.05) is 36.4 Å². The van der Waals surface area contributed by atoms with Crippen LogP contribution >= 0.6 is 0 Å². The molecule has 0 saturated heterocycles. The number of aliphatic imine (C=N–C) groups is 1. The maximum absolute atomic E-state index is 10.9. The molecule has 1 aliphatic heterocycles. The van der Waals surface area contributed by atoms with Gasteiger partial charge < -0.3 is 9.73 Å². The third kappa shape index (κ3) is 3.01. The number of nitrogens with zero attached hydrogens (tertiary/aromatic N) is 2. The highest BCUT2D eigenvalue weighted by Crippen LogP contribution is 2.35. The van der Waals surface area contributed by atoms with E-state index in [2.05, 4.69) is 5.32 Å². The van der Waals surface area contributed by atoms with Crippen LogP contribution in [0.25, 0.3) is 0 Å². The summed E-state index contributed by atoms with van der Waals surface area (Å²) in [5.74, 6) is 0.825. The summed E-state index contributed by atoms with van der Waals surface area (Å²) in [4.78, 5) is 15.3. The summed E-state index contributed by atoms with van der Waals surface area (Å²) in [5, 5.41) is 14.3. The molecule has 1 atom stereocenters. The molecular weight excluding hydrogens is 318 g/mol. The van der Waals surface area contributed by atoms with Crippen LogP contribution < -0.4 is 5.32 Å². The first kappa shape index (κ1) is 15.1. The minimum Gasteiger partial charge on any atom is -0.467 e. The lowest BCUT2D eigenvalue weighted by molar-refractivity contribution is -0.384. The van der Waals surface area contributed by atoms with E-state index in [4.69, 9.17) is 9.41 Å². The molecule has 1 aliphatic rings. The smallest absolute Gasteiger partial charge is 0.269 e. The number of hydrogen-bond donors (Lipinski definition) is 1. The topological polar surface area (TPSA) is 80.7 Å². The highest BCUT2D eigenvalue weighted by Gasteiger charge is 2.23. The predicted molar refractivity (Wildman–Crippen MR) is 95.4 cm³/mol. The zero-order valence-electron chi connectivity index (χ0n) is 13.3. The first-order valence-corrected chi connectivity index (χ1v) is 7.92. The van der Waals surface area contributed by atoms with E-state index in [1.165, 1.54) is 12.1 Å². The monoisotopic (exact) mass is 333 g/mol. The molecule has 0 amide bonds. The lowest BCUT2D eigenvalue weighted by Gasteiger charge is -2.16. The number of nitro benzene ring substituents is 1. The van der Waals surface area contributed by atoms with Gasteiger partial charge in [0.25, 0.3) is 5.69 Å². The summed E-state index contributed by atoms with van der Waals surface area (Å²) in [5.41, 5.74) is 3.55. The maximum Gasteiger partial charge on any atom is 0.269 e. The Morgan fingerprint density at radius 1 is 1.08 bits per heavy atom. The van der Waals surface area contributed by atoms with E-state index < -0.39 is 4.92 Å². The summed E-state index contributed by atoms with van der Waals surface area (Å²) in [7, 11) is 0. The normalized spacial score (nSPS) is 16.3. The Morgan fingerprint density at radius 2 is 1.88 bits per heavy atom. The Balaban J connectivity index is 1.76. The molecule has 0 saturated carbocycles. The van der Waals surface area contributed by atoms with Crippen molar-refractivity contribution < 1.29 is 9.34 Å². The maximum atomic E-state index is 10.9. The molecule has 2 aromatic carbocycles. The summed E-state index contributed by atoms with van der Waals surface area (Å²) in [6.45, 7) is 0. The van der Waals surface area contributed by atoms with Crippen LogP contribution in [0.5, 0.6) is 0 Å². The van der Waals surface area contributed by atoms with Gasteiger partial charge in [0.2, 0.25) is 0 Å². The van der Waals surface area contributed by atoms with E-state index in [0.29, 0.717) is 6.42 Å². The van der Waals surface area contributed by atoms with Gasteiger partial charge in [-0.15, -0.1) is 0 Å². The van der Waals surface area contributed by atoms with Crippen molar-refractivity contribution in [2.75, 3.05) is 5.32 Å². The fraction of sp³-hybridized carbons (Fsp3) is 0.105. The van der Waals surface area contributed by atoms with Crippen LogP contribution in [0.3, 0.4) is 0 Å². The van der Waals surface area contributed by atoms with Crippen molar-refractivity contribution in [2.45, 2.75) is 12.5 Å². The summed E-state index contributed by atoms with van der Waals surface area (Å²) < 4.78 is 5.57. The number of nitro groups is 1. The fourth-order valence-electron chi connectivity index (χ4n) is 2.94. The molecule has 25 heavy (non-hydrogen) atoms. The standard InChI is InChI=1S/C19H15N3O3/c23-22(24)14-9-7-13(8-10-14)17-12-18(19-6-3-11-25-19)21-16-5-2-1-4-15(16)20-17/h1-11,18,21H,12H2/t18-/m1/s1. The van der Waals surface area contributed by atoms with Gasteiger partial charge >= 0.3 is 0 Å². The SMILES string of the molecule is O=[N+]([O-])c1ccc(C2=Nc3ccccc3N[C@@H](c3ccco3)C2)cc1. The quantitative estimate of drug-likeness (QED) is 0.548. The lowest BCUT2D eigenvalue weighted by atomic mass is 10.0. The van der Waals surface area contributed by atoms with Crippen molar-refractivity contribution >= 4 is 22.8 Å². The number of para-hydroxylation sites is 2. The van der Waals surface area contributed by atoms with Gasteiger partial charge in [-0.1, -0.05) is 12.1 Å². The molecule has 2 heterocycles. The third-order valence-electron chi connectivity index (χ3n) is 4.18. The van der Waals surface area contributed by atoms with Gasteiger partial charge in [0, 0.05) is 18.6 Å². The Morgan fingerprint density at radius 3 is 2.60 bits per heavy atom. The molecule has 1 aromatic heterocycles. The minimum absolute atomic E-state index is 0.0624. The zero-order valence-corrected chi connectivity index (χ0v) is 13.3. The van der Waals surface area contributed by atoms with Gasteiger partial charge in [0.1, 0.15) is 5.76 Å². The van der Waals surface area contributed by atoms with Gasteiger partial charge in [0.15, 0.2) is 0 Å². The lowest BCUT2D eigenvalue weighted by Crippen LogP contribution is -2.13. The molecule has 6 heteroatoms. The van der Waals surface area contributed by atoms with Gasteiger partial charge in [-0.25, -0.2) is 0 Å². The molecule has 124 valence electrons. The molecular formula is C19H15N3O3. The highest BCUT2D eigenvalue weighted by molar-refractivity contribution is 6.04. The number of anilines is 1. The van der Waals surface area contributed by atoms with E-state index in [9.17, 15) is 10.1 Å². The third-order valence-corrected chi connectivity index (χ3v) is 4.18. The van der Waals surface area contributed by atoms with Crippen molar-refractivity contribution in [3.05, 3.63) is 88.4 Å². The molecule has 0 bridgehead atoms. The number of non-ortho nitro benzene ring substituents is 1. The van der Waals surface area contributed by atoms with Crippen molar-refractivity contribution in [3.8, 4) is 0 Å². The van der Waals surface area contributed by atoms with Crippen LogP contribution in [0.4, 0.5) is 17.1 Å². The van der Waals surface area contributed by atoms with Crippen LogP contribution in [0.2, 0.25) is 0 Å². The van der Waals surface area contributed by atoms with Gasteiger partial charge in [-0.2, -0.15) is 0 Å². The van der Waals surface area contributed by atoms with Crippen LogP contribution in [-0.4, -0.2) is 10.6 Å². The molecule has 0 spiro atoms. The van der Waals surface area contributed by atoms with Gasteiger partial charge in [0.05, 0.1) is 34.3 Å². The largest absolute Gasteiger partial charge is 0.467 e. The molecule has 1 N–H and O–H groups in total. The Labute approximate surface area is 144 Å². The van der Waals surface area contributed by atoms with E-state index in [1.54, 1.807) is 18.4 Å². The minimum atomic E-state index is -0.402. The van der Waals surface area contributed by atoms with Crippen LogP contribution in [0.15, 0.2) is 76.3 Å². The molecule has 0 radical (unpaired) electrons. The van der Waals surface area contributed by atoms with Crippen LogP contribution in [0, 0.1) is 10.1 Å². The van der Waals surface area contributed by atoms with E-state index in [-0.39, 0.29) is 11.7 Å². The number of benzene rings is 2. The van der Waals surface area contributed by atoms with Crippen LogP contribution in [0.1, 0.15) is 23.8 Å². The number of furan rings is 1. The number of rotatable bonds is 3. The summed E-state index contributed by atoms with van der Waals surface area (Å²) >= 11 is 0. The van der Waals surface area contributed by atoms with E-state index >= 15 is 0 Å². The average molecular weight is 333 g/mol. The molecule has 4 rings (SSSR count). The molecule has 0 aliphatic carbocycles. The predicted octanol–water partition coefficient (Wildman–Crippen LogP) is 4.87. The average Bonchev–Trinajstić information content (AvgIpc) is 3.09. The molecule has 3 aromatic rings. The highest BCUT2D eigenvalue weighted by atomic mass is 16.6. The van der Waals surface area contributed by atoms with Crippen LogP contribution in [-0.2, 0) is 0 Å². The summed E-state index contributed by atoms with van der Waals surface area (Å²) in [6, 6.07) is 18.0. The Kier molecular flexibility index (Phi) is 3.78. The molecule has 0 unspecified atom stereocenters. The first-order valence-electron chi connectivity index (χ1n) is 7.92. The number of fused-ring (bicyclic) bond motifs is 1. The van der Waals surface area contributed by atoms with Gasteiger partial charge in [-0.3, -0.25) is 15.1 Å². The number of nitrogens with one attached hydrogen (secondary N) is 1. The second-order valence-corrected chi connectivity index (χ2v) is 5.80. The summed E-state index contributed by atoms with van der Waals surface area (Å²) in [6.07, 6.45) is 2.26. The number of hydrogen-bond acceptors (Lipinski definition) is 5. The molecule has 0 fully saturated rings. The molecule has 6 nitrogen and oxygen atoms in total. The second kappa shape index (κ2) is 6.24. The fourth-order valence-corrected chi connectivity index (χ4v) is 2.94. The Bertz CT molecular complexity index is 931. The van der Waals surface area contributed by atoms with E-state index in [0.717, 1.165) is 28.4 Å². The van der Waals surface area contributed by atoms with Crippen molar-refractivity contribution in [1.29, 1.82) is 0 Å². The van der Waals surface area contributed by atoms with Crippen molar-refractivity contribution in [1.82, 2.24) is 0 Å². The zero-order chi connectivity index (χ0) is 17.2. The van der Waals surface area contributed by atoms with Crippen molar-refractivity contribution in [2.24, 2.45) is 4.99 Å². The first-order chi connectivity index (χ1) is 12.2.